The number of aliphatic hydroxyl groups is 1. The van der Waals surface area contributed by atoms with Gasteiger partial charge in [-0.3, -0.25) is 9.59 Å². The number of aldehydes is 1. The van der Waals surface area contributed by atoms with E-state index < -0.39 is 66.7 Å². The van der Waals surface area contributed by atoms with Crippen LogP contribution < -0.4 is 20.9 Å². The quantitative estimate of drug-likeness (QED) is 0.136. The van der Waals surface area contributed by atoms with Gasteiger partial charge in [-0.15, -0.1) is 0 Å². The van der Waals surface area contributed by atoms with Gasteiger partial charge in [-0.1, -0.05) is 23.2 Å². The van der Waals surface area contributed by atoms with Crippen molar-refractivity contribution in [3.8, 4) is 11.4 Å². The third kappa shape index (κ3) is 9.40. The number of halogens is 6. The van der Waals surface area contributed by atoms with Gasteiger partial charge in [-0.25, -0.2) is 17.6 Å². The van der Waals surface area contributed by atoms with E-state index in [-0.39, 0.29) is 33.7 Å². The summed E-state index contributed by atoms with van der Waals surface area (Å²) in [4.78, 5) is 43.7. The highest BCUT2D eigenvalue weighted by molar-refractivity contribution is 6.45. The van der Waals surface area contributed by atoms with Crippen molar-refractivity contribution >= 4 is 55.0 Å². The molecule has 4 heterocycles. The van der Waals surface area contributed by atoms with E-state index in [0.29, 0.717) is 56.8 Å². The van der Waals surface area contributed by atoms with Crippen molar-refractivity contribution in [3.63, 3.8) is 0 Å². The normalized spacial score (nSPS) is 18.4. The zero-order valence-corrected chi connectivity index (χ0v) is 31.2. The molecule has 2 aromatic heterocycles. The average molecular weight is 809 g/mol. The molecular formula is C33H36B2Cl2F4N8O6. The second kappa shape index (κ2) is 17.7. The van der Waals surface area contributed by atoms with Crippen LogP contribution in [0.25, 0.3) is 11.4 Å². The molecule has 2 saturated heterocycles. The number of aliphatic hydroxyl groups excluding tert-OH is 1. The molecule has 0 aliphatic carbocycles. The average Bonchev–Trinajstić information content (AvgIpc) is 3.12. The summed E-state index contributed by atoms with van der Waals surface area (Å²) in [6.07, 6.45) is 2.55. The van der Waals surface area contributed by atoms with E-state index >= 15 is 0 Å². The molecule has 55 heavy (non-hydrogen) atoms. The Kier molecular flexibility index (Phi) is 13.4. The molecule has 0 amide bonds. The van der Waals surface area contributed by atoms with Gasteiger partial charge in [0.15, 0.2) is 0 Å². The van der Waals surface area contributed by atoms with Gasteiger partial charge in [0.25, 0.3) is 11.1 Å². The zero-order valence-electron chi connectivity index (χ0n) is 29.7. The lowest BCUT2D eigenvalue weighted by atomic mass is 9.83. The summed E-state index contributed by atoms with van der Waals surface area (Å²) in [5, 5.41) is 37.3. The lowest BCUT2D eigenvalue weighted by molar-refractivity contribution is -0.109. The van der Waals surface area contributed by atoms with Crippen LogP contribution in [0.3, 0.4) is 0 Å². The minimum Gasteiger partial charge on any atom is -0.437 e. The number of hydrogen-bond acceptors (Lipinski definition) is 12. The van der Waals surface area contributed by atoms with Crippen LogP contribution in [0, 0.1) is 23.3 Å². The Hall–Kier alpha value is -4.30. The molecule has 4 aromatic rings. The third-order valence-electron chi connectivity index (χ3n) is 9.27. The molecule has 3 unspecified atom stereocenters. The molecule has 0 radical (unpaired) electrons. The number of rotatable bonds is 8. The molecule has 6 rings (SSSR count). The van der Waals surface area contributed by atoms with E-state index in [0.717, 1.165) is 33.6 Å². The minimum atomic E-state index is -0.853. The van der Waals surface area contributed by atoms with Crippen molar-refractivity contribution in [1.29, 1.82) is 0 Å². The van der Waals surface area contributed by atoms with Gasteiger partial charge >= 0.3 is 14.1 Å². The van der Waals surface area contributed by atoms with E-state index in [1.54, 1.807) is 40.0 Å². The van der Waals surface area contributed by atoms with Crippen molar-refractivity contribution in [3.05, 3.63) is 103 Å². The molecule has 3 atom stereocenters. The van der Waals surface area contributed by atoms with Crippen LogP contribution in [-0.4, -0.2) is 122 Å². The highest BCUT2D eigenvalue weighted by Gasteiger charge is 2.35. The number of piperazine rings is 2. The molecule has 2 aromatic carbocycles. The second-order valence-electron chi connectivity index (χ2n) is 13.0. The van der Waals surface area contributed by atoms with Crippen LogP contribution in [0.4, 0.5) is 28.9 Å². The summed E-state index contributed by atoms with van der Waals surface area (Å²) in [6, 6.07) is 4.20. The smallest absolute Gasteiger partial charge is 0.376 e. The molecule has 14 nitrogen and oxygen atoms in total. The van der Waals surface area contributed by atoms with E-state index in [2.05, 4.69) is 10.2 Å². The van der Waals surface area contributed by atoms with Crippen molar-refractivity contribution in [2.24, 2.45) is 0 Å². The van der Waals surface area contributed by atoms with E-state index in [1.165, 1.54) is 12.4 Å². The summed E-state index contributed by atoms with van der Waals surface area (Å²) in [5.41, 5.74) is -1.11. The Labute approximate surface area is 323 Å². The number of carbonyl (C=O) groups is 1. The molecule has 2 fully saturated rings. The van der Waals surface area contributed by atoms with Crippen LogP contribution in [0.2, 0.25) is 23.7 Å². The monoisotopic (exact) mass is 808 g/mol. The Morgan fingerprint density at radius 1 is 0.727 bits per heavy atom. The number of hydrogen-bond donors (Lipinski definition) is 3. The fraction of sp³-hybridized carbons (Fsp3) is 0.364. The summed E-state index contributed by atoms with van der Waals surface area (Å²) in [7, 11) is -1.38. The number of carbonyl (C=O) groups excluding carboxylic acids is 1. The summed E-state index contributed by atoms with van der Waals surface area (Å²) in [5.74, 6) is -3.39. The summed E-state index contributed by atoms with van der Waals surface area (Å²) < 4.78 is 55.4. The van der Waals surface area contributed by atoms with Gasteiger partial charge in [-0.05, 0) is 44.8 Å². The lowest BCUT2D eigenvalue weighted by Crippen LogP contribution is -2.60. The first-order valence-corrected chi connectivity index (χ1v) is 17.8. The number of benzene rings is 2. The maximum Gasteiger partial charge on any atom is 0.376 e. The van der Waals surface area contributed by atoms with Crippen molar-refractivity contribution < 1.29 is 37.5 Å². The number of nitrogens with zero attached hydrogens (tertiary/aromatic N) is 8. The molecule has 0 bridgehead atoms. The Morgan fingerprint density at radius 3 is 1.53 bits per heavy atom. The standard InChI is InChI=1S/C17H20BClF2N4O3.C16H16BClF2N4O3/c1-10(26)15-9-23(18(2)28)3-4-24(15)14-8-22-25(17(27)16(14)19)13-6-11(20)5-12(21)7-13;1-17(27)22-2-3-23(13(8-22)9-25)14-7-21-24(16(26)15(14)18)12-5-10(19)4-11(20)6-12/h5-8,10,15,26,28H,3-4,9H2,1-2H3;4-7,9,13,27H,2-3,8H2,1H3. The first kappa shape index (κ1) is 41.9. The van der Waals surface area contributed by atoms with Gasteiger partial charge in [-0.2, -0.15) is 19.6 Å². The van der Waals surface area contributed by atoms with Crippen LogP contribution >= 0.6 is 23.2 Å². The van der Waals surface area contributed by atoms with Gasteiger partial charge in [0.2, 0.25) is 0 Å². The van der Waals surface area contributed by atoms with E-state index in [1.807, 2.05) is 0 Å². The lowest BCUT2D eigenvalue weighted by Gasteiger charge is -2.44. The van der Waals surface area contributed by atoms with Gasteiger partial charge in [0.1, 0.15) is 39.6 Å². The van der Waals surface area contributed by atoms with Crippen LogP contribution in [0.5, 0.6) is 0 Å². The van der Waals surface area contributed by atoms with Crippen LogP contribution in [-0.2, 0) is 4.79 Å². The fourth-order valence-electron chi connectivity index (χ4n) is 6.41. The number of anilines is 2. The minimum absolute atomic E-state index is 0.0815. The number of aromatic nitrogens is 4. The highest BCUT2D eigenvalue weighted by Crippen LogP contribution is 2.28. The van der Waals surface area contributed by atoms with Crippen LogP contribution in [0.1, 0.15) is 6.92 Å². The third-order valence-corrected chi connectivity index (χ3v) is 9.99. The molecule has 0 spiro atoms. The van der Waals surface area contributed by atoms with Gasteiger partial charge in [0.05, 0.1) is 53.3 Å². The fourth-order valence-corrected chi connectivity index (χ4v) is 6.89. The predicted octanol–water partition coefficient (Wildman–Crippen LogP) is 2.11. The molecule has 2 aliphatic heterocycles. The summed E-state index contributed by atoms with van der Waals surface area (Å²) in [6.45, 7) is 7.17. The highest BCUT2D eigenvalue weighted by atomic mass is 35.5. The van der Waals surface area contributed by atoms with E-state index in [9.17, 15) is 47.1 Å². The second-order valence-corrected chi connectivity index (χ2v) is 13.8. The van der Waals surface area contributed by atoms with Crippen LogP contribution in [0.15, 0.2) is 58.4 Å². The Balaban J connectivity index is 0.000000211. The molecular weight excluding hydrogens is 773 g/mol. The largest absolute Gasteiger partial charge is 0.437 e. The Morgan fingerprint density at radius 2 is 1.13 bits per heavy atom. The topological polar surface area (TPSA) is 160 Å². The Bertz CT molecular complexity index is 2110. The maximum absolute atomic E-state index is 13.5. The molecule has 292 valence electrons. The molecule has 3 N–H and O–H groups in total. The van der Waals surface area contributed by atoms with Crippen molar-refractivity contribution in [1.82, 2.24) is 29.2 Å². The maximum atomic E-state index is 13.5. The van der Waals surface area contributed by atoms with E-state index in [4.69, 9.17) is 23.2 Å². The zero-order chi connectivity index (χ0) is 40.3. The SMILES string of the molecule is CB(O)N1CCN(c2cnn(-c3cc(F)cc(F)c3)c(=O)c2Cl)C(C(C)O)C1.CB(O)N1CCN(c2cnn(-c3cc(F)cc(F)c3)c(=O)c2Cl)C(C=O)C1. The first-order chi connectivity index (χ1) is 26.0. The van der Waals surface area contributed by atoms with Crippen molar-refractivity contribution in [2.45, 2.75) is 38.8 Å². The summed E-state index contributed by atoms with van der Waals surface area (Å²) >= 11 is 12.5. The predicted molar refractivity (Wildman–Crippen MR) is 200 cm³/mol. The first-order valence-electron chi connectivity index (χ1n) is 17.0. The molecule has 2 aliphatic rings. The van der Waals surface area contributed by atoms with Gasteiger partial charge < -0.3 is 39.4 Å². The van der Waals surface area contributed by atoms with Gasteiger partial charge in [0, 0.05) is 51.4 Å². The van der Waals surface area contributed by atoms with Crippen molar-refractivity contribution in [2.75, 3.05) is 49.1 Å². The molecule has 0 saturated carbocycles. The molecule has 22 heteroatoms.